The average Bonchev–Trinajstić information content (AvgIpc) is 3.18. The van der Waals surface area contributed by atoms with Crippen LogP contribution in [0.4, 0.5) is 0 Å². The first kappa shape index (κ1) is 24.0. The number of hydrogen-bond donors (Lipinski definition) is 1. The molecule has 0 aliphatic heterocycles. The molecule has 172 valence electrons. The van der Waals surface area contributed by atoms with Gasteiger partial charge in [-0.15, -0.1) is 13.2 Å². The van der Waals surface area contributed by atoms with E-state index in [1.54, 1.807) is 17.1 Å². The van der Waals surface area contributed by atoms with Crippen molar-refractivity contribution in [3.05, 3.63) is 91.3 Å². The molecule has 1 heterocycles. The lowest BCUT2D eigenvalue weighted by atomic mass is 10.1. The number of carbonyl (C=O) groups is 2. The molecule has 0 bridgehead atoms. The Labute approximate surface area is 195 Å². The molecule has 1 aromatic heterocycles. The molecule has 2 aromatic carbocycles. The number of carbonyl (C=O) groups excluding carboxylic acids is 2. The first-order valence-corrected chi connectivity index (χ1v) is 11.4. The van der Waals surface area contributed by atoms with Gasteiger partial charge in [-0.2, -0.15) is 0 Å². The number of aryl methyl sites for hydroxylation is 2. The summed E-state index contributed by atoms with van der Waals surface area (Å²) in [5.74, 6) is 0.890. The molecule has 3 aromatic rings. The molecule has 0 aliphatic rings. The van der Waals surface area contributed by atoms with Crippen LogP contribution in [0.15, 0.2) is 79.9 Å². The predicted molar refractivity (Wildman–Crippen MR) is 133 cm³/mol. The lowest BCUT2D eigenvalue weighted by Crippen LogP contribution is -2.34. The number of fused-ring (bicyclic) bond motifs is 1. The number of nitrogens with one attached hydrogen (secondary N) is 1. The highest BCUT2D eigenvalue weighted by atomic mass is 16.2. The summed E-state index contributed by atoms with van der Waals surface area (Å²) in [4.78, 5) is 31.6. The van der Waals surface area contributed by atoms with Crippen LogP contribution in [-0.2, 0) is 29.0 Å². The summed E-state index contributed by atoms with van der Waals surface area (Å²) in [7, 11) is 0. The summed E-state index contributed by atoms with van der Waals surface area (Å²) in [5.41, 5.74) is 2.96. The molecular formula is C27H32N4O2. The molecule has 0 aliphatic carbocycles. The highest BCUT2D eigenvalue weighted by Crippen LogP contribution is 2.17. The normalized spacial score (nSPS) is 10.7. The molecule has 0 saturated heterocycles. The van der Waals surface area contributed by atoms with Crippen LogP contribution in [0.3, 0.4) is 0 Å². The maximum atomic E-state index is 12.9. The number of aromatic nitrogens is 2. The van der Waals surface area contributed by atoms with E-state index in [9.17, 15) is 9.59 Å². The van der Waals surface area contributed by atoms with Crippen LogP contribution in [-0.4, -0.2) is 45.9 Å². The van der Waals surface area contributed by atoms with E-state index in [-0.39, 0.29) is 18.4 Å². The summed E-state index contributed by atoms with van der Waals surface area (Å²) in [6.07, 6.45) is 6.06. The molecule has 0 unspecified atom stereocenters. The maximum absolute atomic E-state index is 12.9. The Bertz CT molecular complexity index is 1080. The third-order valence-electron chi connectivity index (χ3n) is 5.46. The first-order chi connectivity index (χ1) is 16.1. The fourth-order valence-electron chi connectivity index (χ4n) is 3.78. The second-order valence-electron chi connectivity index (χ2n) is 7.92. The third kappa shape index (κ3) is 6.91. The quantitative estimate of drug-likeness (QED) is 0.321. The number of para-hydroxylation sites is 2. The van der Waals surface area contributed by atoms with E-state index in [0.29, 0.717) is 32.5 Å². The second-order valence-corrected chi connectivity index (χ2v) is 7.92. The molecular weight excluding hydrogens is 412 g/mol. The fraction of sp³-hybridized carbons (Fsp3) is 0.296. The van der Waals surface area contributed by atoms with E-state index in [0.717, 1.165) is 35.3 Å². The lowest BCUT2D eigenvalue weighted by Gasteiger charge is -2.20. The van der Waals surface area contributed by atoms with E-state index in [1.807, 2.05) is 59.2 Å². The minimum atomic E-state index is -0.00609. The van der Waals surface area contributed by atoms with Crippen molar-refractivity contribution in [2.75, 3.05) is 19.6 Å². The first-order valence-electron chi connectivity index (χ1n) is 11.4. The Morgan fingerprint density at radius 2 is 1.67 bits per heavy atom. The molecule has 0 fully saturated rings. The molecule has 0 saturated carbocycles. The maximum Gasteiger partial charge on any atom is 0.243 e. The molecule has 0 radical (unpaired) electrons. The molecule has 1 N–H and O–H groups in total. The number of amides is 2. The standard InChI is InChI=1S/C27H32N4O2/c1-3-19-30(20-4-2)27(33)21-31-24-14-9-8-13-23(24)29-25(31)15-10-18-28-26(32)17-16-22-11-6-5-7-12-22/h3-9,11-14H,1-2,10,15-21H2,(H,28,32). The van der Waals surface area contributed by atoms with Crippen molar-refractivity contribution in [1.29, 1.82) is 0 Å². The Kier molecular flexibility index (Phi) is 9.00. The van der Waals surface area contributed by atoms with Crippen LogP contribution in [0.5, 0.6) is 0 Å². The summed E-state index contributed by atoms with van der Waals surface area (Å²) in [6.45, 7) is 9.22. The zero-order valence-corrected chi connectivity index (χ0v) is 19.1. The summed E-state index contributed by atoms with van der Waals surface area (Å²) >= 11 is 0. The van der Waals surface area contributed by atoms with Gasteiger partial charge in [0.15, 0.2) is 0 Å². The largest absolute Gasteiger partial charge is 0.356 e. The van der Waals surface area contributed by atoms with Gasteiger partial charge in [0.05, 0.1) is 11.0 Å². The smallest absolute Gasteiger partial charge is 0.243 e. The summed E-state index contributed by atoms with van der Waals surface area (Å²) in [6, 6.07) is 17.8. The minimum absolute atomic E-state index is 0.00609. The van der Waals surface area contributed by atoms with Crippen molar-refractivity contribution in [2.45, 2.75) is 32.2 Å². The van der Waals surface area contributed by atoms with E-state index < -0.39 is 0 Å². The summed E-state index contributed by atoms with van der Waals surface area (Å²) < 4.78 is 1.98. The van der Waals surface area contributed by atoms with E-state index in [1.165, 1.54) is 0 Å². The fourth-order valence-corrected chi connectivity index (χ4v) is 3.78. The highest BCUT2D eigenvalue weighted by molar-refractivity contribution is 5.81. The van der Waals surface area contributed by atoms with Gasteiger partial charge in [-0.3, -0.25) is 9.59 Å². The SMILES string of the molecule is C=CCN(CC=C)C(=O)Cn1c(CCCNC(=O)CCc2ccccc2)nc2ccccc21. The average molecular weight is 445 g/mol. The molecule has 3 rings (SSSR count). The van der Waals surface area contributed by atoms with Gasteiger partial charge in [0.25, 0.3) is 0 Å². The van der Waals surface area contributed by atoms with Gasteiger partial charge in [0.2, 0.25) is 11.8 Å². The predicted octanol–water partition coefficient (Wildman–Crippen LogP) is 3.92. The van der Waals surface area contributed by atoms with Crippen LogP contribution >= 0.6 is 0 Å². The van der Waals surface area contributed by atoms with Crippen molar-refractivity contribution in [2.24, 2.45) is 0 Å². The van der Waals surface area contributed by atoms with E-state index in [2.05, 4.69) is 18.5 Å². The van der Waals surface area contributed by atoms with Crippen LogP contribution in [0.25, 0.3) is 11.0 Å². The van der Waals surface area contributed by atoms with Gasteiger partial charge in [-0.25, -0.2) is 4.98 Å². The van der Waals surface area contributed by atoms with E-state index >= 15 is 0 Å². The number of benzene rings is 2. The molecule has 6 nitrogen and oxygen atoms in total. The van der Waals surface area contributed by atoms with Crippen molar-refractivity contribution >= 4 is 22.8 Å². The van der Waals surface area contributed by atoms with Crippen molar-refractivity contribution in [1.82, 2.24) is 19.8 Å². The molecule has 6 heteroatoms. The Balaban J connectivity index is 1.58. The van der Waals surface area contributed by atoms with Gasteiger partial charge in [0, 0.05) is 32.5 Å². The molecule has 0 atom stereocenters. The third-order valence-corrected chi connectivity index (χ3v) is 5.46. The zero-order valence-electron chi connectivity index (χ0n) is 19.1. The number of nitrogens with zero attached hydrogens (tertiary/aromatic N) is 3. The van der Waals surface area contributed by atoms with Gasteiger partial charge in [-0.05, 0) is 30.5 Å². The van der Waals surface area contributed by atoms with Gasteiger partial charge >= 0.3 is 0 Å². The number of hydrogen-bond acceptors (Lipinski definition) is 3. The number of rotatable bonds is 13. The Hall–Kier alpha value is -3.67. The van der Waals surface area contributed by atoms with Gasteiger partial charge in [-0.1, -0.05) is 54.6 Å². The Morgan fingerprint density at radius 1 is 0.970 bits per heavy atom. The summed E-state index contributed by atoms with van der Waals surface area (Å²) in [5, 5.41) is 3.00. The molecule has 33 heavy (non-hydrogen) atoms. The van der Waals surface area contributed by atoms with Crippen molar-refractivity contribution < 1.29 is 9.59 Å². The van der Waals surface area contributed by atoms with Crippen LogP contribution in [0.1, 0.15) is 24.2 Å². The van der Waals surface area contributed by atoms with Crippen molar-refractivity contribution in [3.63, 3.8) is 0 Å². The van der Waals surface area contributed by atoms with Gasteiger partial charge in [0.1, 0.15) is 12.4 Å². The lowest BCUT2D eigenvalue weighted by molar-refractivity contribution is -0.130. The molecule has 2 amide bonds. The monoisotopic (exact) mass is 444 g/mol. The Morgan fingerprint density at radius 3 is 2.39 bits per heavy atom. The van der Waals surface area contributed by atoms with Crippen LogP contribution in [0, 0.1) is 0 Å². The van der Waals surface area contributed by atoms with Crippen LogP contribution in [0.2, 0.25) is 0 Å². The van der Waals surface area contributed by atoms with Crippen molar-refractivity contribution in [3.8, 4) is 0 Å². The topological polar surface area (TPSA) is 67.2 Å². The second kappa shape index (κ2) is 12.4. The highest BCUT2D eigenvalue weighted by Gasteiger charge is 2.17. The zero-order chi connectivity index (χ0) is 23.5. The molecule has 0 spiro atoms. The van der Waals surface area contributed by atoms with Gasteiger partial charge < -0.3 is 14.8 Å². The van der Waals surface area contributed by atoms with E-state index in [4.69, 9.17) is 4.98 Å². The number of imidazole rings is 1. The minimum Gasteiger partial charge on any atom is -0.356 e. The van der Waals surface area contributed by atoms with Crippen LogP contribution < -0.4 is 5.32 Å².